The molecule has 2 amide bonds. The van der Waals surface area contributed by atoms with Gasteiger partial charge in [-0.1, -0.05) is 13.8 Å². The summed E-state index contributed by atoms with van der Waals surface area (Å²) in [7, 11) is -6.48. The summed E-state index contributed by atoms with van der Waals surface area (Å²) in [5, 5.41) is 2.51. The molecule has 2 bridgehead atoms. The largest absolute Gasteiger partial charge is 0.388 e. The average Bonchev–Trinajstić information content (AvgIpc) is 3.16. The number of nitrogens with one attached hydrogen (secondary N) is 2. The van der Waals surface area contributed by atoms with E-state index in [4.69, 9.17) is 5.73 Å². The Balaban J connectivity index is 2.11. The molecule has 0 aromatic carbocycles. The van der Waals surface area contributed by atoms with Gasteiger partial charge >= 0.3 is 0 Å². The van der Waals surface area contributed by atoms with Crippen LogP contribution in [0.4, 0.5) is 0 Å². The van der Waals surface area contributed by atoms with Crippen molar-refractivity contribution in [3.8, 4) is 0 Å². The van der Waals surface area contributed by atoms with Gasteiger partial charge < -0.3 is 20.7 Å². The lowest BCUT2D eigenvalue weighted by Gasteiger charge is -2.36. The summed E-state index contributed by atoms with van der Waals surface area (Å²) in [4.78, 5) is 55.0. The van der Waals surface area contributed by atoms with E-state index in [1.54, 1.807) is 6.92 Å². The molecule has 40 heavy (non-hydrogen) atoms. The number of carbonyl (C=O) groups excluding carboxylic acids is 4. The number of aldehydes is 1. The molecule has 228 valence electrons. The summed E-state index contributed by atoms with van der Waals surface area (Å²) in [6.45, 7) is 5.31. The number of ketones is 1. The van der Waals surface area contributed by atoms with Crippen LogP contribution in [0.5, 0.6) is 0 Å². The molecule has 0 radical (unpaired) electrons. The van der Waals surface area contributed by atoms with E-state index in [0.29, 0.717) is 44.3 Å². The lowest BCUT2D eigenvalue weighted by molar-refractivity contribution is -0.136. The van der Waals surface area contributed by atoms with E-state index in [-0.39, 0.29) is 18.1 Å². The predicted molar refractivity (Wildman–Crippen MR) is 151 cm³/mol. The lowest BCUT2D eigenvalue weighted by atomic mass is 9.70. The van der Waals surface area contributed by atoms with E-state index in [1.807, 2.05) is 13.8 Å². The van der Waals surface area contributed by atoms with Gasteiger partial charge in [-0.05, 0) is 50.4 Å². The second-order valence-corrected chi connectivity index (χ2v) is 15.7. The first-order chi connectivity index (χ1) is 18.3. The van der Waals surface area contributed by atoms with E-state index >= 15 is 0 Å². The van der Waals surface area contributed by atoms with Gasteiger partial charge in [0.25, 0.3) is 0 Å². The van der Waals surface area contributed by atoms with E-state index in [0.717, 1.165) is 17.6 Å². The zero-order valence-electron chi connectivity index (χ0n) is 23.9. The van der Waals surface area contributed by atoms with Crippen molar-refractivity contribution in [2.75, 3.05) is 37.9 Å². The maximum absolute atomic E-state index is 13.3. The molecule has 13 nitrogen and oxygen atoms in total. The summed E-state index contributed by atoms with van der Waals surface area (Å²) in [5.74, 6) is -2.04. The second kappa shape index (κ2) is 13.1. The van der Waals surface area contributed by atoms with Crippen molar-refractivity contribution in [1.82, 2.24) is 14.9 Å². The van der Waals surface area contributed by atoms with Crippen LogP contribution in [0.1, 0.15) is 59.3 Å². The SMILES string of the molecule is CC(N)=NCCCC(C=O)NC(=O)CN(C)C(=O)C(CCS(C)(=O)=O)NS(=O)(=O)CC12CCC(CC1=O)C2(C)C. The van der Waals surface area contributed by atoms with Crippen molar-refractivity contribution in [2.24, 2.45) is 27.5 Å². The van der Waals surface area contributed by atoms with Crippen molar-refractivity contribution in [3.63, 3.8) is 0 Å². The highest BCUT2D eigenvalue weighted by Crippen LogP contribution is 2.64. The number of hydrogen-bond acceptors (Lipinski definition) is 9. The zero-order valence-corrected chi connectivity index (χ0v) is 25.6. The highest BCUT2D eigenvalue weighted by atomic mass is 32.2. The summed E-state index contributed by atoms with van der Waals surface area (Å²) >= 11 is 0. The number of sulfonamides is 1. The fourth-order valence-corrected chi connectivity index (χ4v) is 8.53. The molecule has 0 saturated heterocycles. The molecule has 2 aliphatic rings. The number of fused-ring (bicyclic) bond motifs is 2. The van der Waals surface area contributed by atoms with Crippen molar-refractivity contribution < 1.29 is 36.0 Å². The summed E-state index contributed by atoms with van der Waals surface area (Å²) in [5.41, 5.74) is 3.87. The number of sulfone groups is 1. The zero-order chi connectivity index (χ0) is 30.5. The van der Waals surface area contributed by atoms with E-state index in [1.165, 1.54) is 7.05 Å². The van der Waals surface area contributed by atoms with Crippen molar-refractivity contribution in [3.05, 3.63) is 0 Å². The Morgan fingerprint density at radius 2 is 1.88 bits per heavy atom. The van der Waals surface area contributed by atoms with E-state index in [2.05, 4.69) is 15.0 Å². The van der Waals surface area contributed by atoms with Gasteiger partial charge in [-0.3, -0.25) is 19.4 Å². The molecular weight excluding hydrogens is 562 g/mol. The molecule has 0 heterocycles. The van der Waals surface area contributed by atoms with Crippen LogP contribution in [-0.4, -0.2) is 101 Å². The van der Waals surface area contributed by atoms with Gasteiger partial charge in [-0.15, -0.1) is 0 Å². The van der Waals surface area contributed by atoms with Crippen molar-refractivity contribution >= 4 is 49.6 Å². The van der Waals surface area contributed by atoms with Crippen LogP contribution in [0, 0.1) is 16.7 Å². The molecule has 0 spiro atoms. The fraction of sp³-hybridized carbons (Fsp3) is 0.800. The molecule has 4 N–H and O–H groups in total. The van der Waals surface area contributed by atoms with E-state index < -0.39 is 72.6 Å². The maximum atomic E-state index is 13.3. The Hall–Kier alpha value is -2.39. The second-order valence-electron chi connectivity index (χ2n) is 11.7. The molecule has 2 saturated carbocycles. The standard InChI is InChI=1S/C25H43N5O8S2/c1-17(26)27-11-6-7-19(15-31)28-22(33)14-30(4)23(34)20(9-12-39(5,35)36)29-40(37,38)16-25-10-8-18(13-21(25)32)24(25,2)3/h15,18-20,29H,6-14,16H2,1-5H3,(H2,26,27)(H,28,33). The van der Waals surface area contributed by atoms with Gasteiger partial charge in [0.1, 0.15) is 27.9 Å². The monoisotopic (exact) mass is 605 g/mol. The minimum Gasteiger partial charge on any atom is -0.388 e. The number of nitrogens with zero attached hydrogens (tertiary/aromatic N) is 2. The smallest absolute Gasteiger partial charge is 0.240 e. The average molecular weight is 606 g/mol. The molecule has 2 rings (SSSR count). The Labute approximate surface area is 237 Å². The number of rotatable bonds is 16. The molecule has 2 aliphatic carbocycles. The Morgan fingerprint density at radius 1 is 1.23 bits per heavy atom. The number of amidine groups is 1. The number of likely N-dealkylation sites (N-methyl/N-ethyl adjacent to an activating group) is 1. The number of nitrogens with two attached hydrogens (primary N) is 1. The first kappa shape index (κ1) is 33.8. The summed E-state index contributed by atoms with van der Waals surface area (Å²) < 4.78 is 52.6. The molecule has 0 aromatic rings. The van der Waals surface area contributed by atoms with Gasteiger partial charge in [0.05, 0.1) is 29.9 Å². The number of carbonyl (C=O) groups is 4. The third-order valence-corrected chi connectivity index (χ3v) is 10.8. The third-order valence-electron chi connectivity index (χ3n) is 8.27. The number of hydrogen-bond donors (Lipinski definition) is 3. The molecule has 4 unspecified atom stereocenters. The van der Waals surface area contributed by atoms with Crippen LogP contribution in [0.25, 0.3) is 0 Å². The van der Waals surface area contributed by atoms with Gasteiger partial charge in [0.2, 0.25) is 21.8 Å². The topological polar surface area (TPSA) is 202 Å². The minimum atomic E-state index is -4.21. The Bertz CT molecular complexity index is 1230. The summed E-state index contributed by atoms with van der Waals surface area (Å²) in [6, 6.07) is -2.28. The van der Waals surface area contributed by atoms with Crippen LogP contribution in [-0.2, 0) is 39.0 Å². The normalized spacial score (nSPS) is 24.0. The third kappa shape index (κ3) is 8.56. The highest BCUT2D eigenvalue weighted by molar-refractivity contribution is 7.90. The van der Waals surface area contributed by atoms with Crippen LogP contribution >= 0.6 is 0 Å². The van der Waals surface area contributed by atoms with Crippen LogP contribution in [0.3, 0.4) is 0 Å². The summed E-state index contributed by atoms with van der Waals surface area (Å²) in [6.07, 6.45) is 3.47. The van der Waals surface area contributed by atoms with Crippen molar-refractivity contribution in [1.29, 1.82) is 0 Å². The van der Waals surface area contributed by atoms with Crippen LogP contribution < -0.4 is 15.8 Å². The lowest BCUT2D eigenvalue weighted by Crippen LogP contribution is -2.53. The van der Waals surface area contributed by atoms with E-state index in [9.17, 15) is 36.0 Å². The molecular formula is C25H43N5O8S2. The Morgan fingerprint density at radius 3 is 2.38 bits per heavy atom. The minimum absolute atomic E-state index is 0.0928. The van der Waals surface area contributed by atoms with Gasteiger partial charge in [0, 0.05) is 31.7 Å². The molecule has 4 atom stereocenters. The highest BCUT2D eigenvalue weighted by Gasteiger charge is 2.65. The first-order valence-electron chi connectivity index (χ1n) is 13.3. The molecule has 0 aliphatic heterocycles. The van der Waals surface area contributed by atoms with Crippen LogP contribution in [0.2, 0.25) is 0 Å². The quantitative estimate of drug-likeness (QED) is 0.0889. The molecule has 15 heteroatoms. The Kier molecular flexibility index (Phi) is 11.0. The molecule has 0 aromatic heterocycles. The number of Topliss-reactive ketones (excluding diaryl/α,β-unsaturated/α-hetero) is 1. The fourth-order valence-electron chi connectivity index (χ4n) is 5.81. The van der Waals surface area contributed by atoms with Crippen molar-refractivity contribution in [2.45, 2.75) is 71.4 Å². The first-order valence-corrected chi connectivity index (χ1v) is 17.0. The maximum Gasteiger partial charge on any atom is 0.240 e. The molecule has 2 fully saturated rings. The van der Waals surface area contributed by atoms with Gasteiger partial charge in [0.15, 0.2) is 0 Å². The predicted octanol–water partition coefficient (Wildman–Crippen LogP) is -0.596. The van der Waals surface area contributed by atoms with Crippen LogP contribution in [0.15, 0.2) is 4.99 Å². The van der Waals surface area contributed by atoms with Gasteiger partial charge in [-0.25, -0.2) is 21.6 Å². The van der Waals surface area contributed by atoms with Gasteiger partial charge in [-0.2, -0.15) is 0 Å². The number of aliphatic imine (C=N–C) groups is 1. The number of amides is 2.